The van der Waals surface area contributed by atoms with Crippen LogP contribution < -0.4 is 0 Å². The van der Waals surface area contributed by atoms with Crippen LogP contribution in [0.15, 0.2) is 0 Å². The lowest BCUT2D eigenvalue weighted by Gasteiger charge is -1.99. The third kappa shape index (κ3) is 8.99. The van der Waals surface area contributed by atoms with E-state index in [2.05, 4.69) is 9.78 Å². The van der Waals surface area contributed by atoms with E-state index in [4.69, 9.17) is 5.11 Å². The summed E-state index contributed by atoms with van der Waals surface area (Å²) in [5.74, 6) is -1.16. The van der Waals surface area contributed by atoms with Crippen LogP contribution >= 0.6 is 0 Å². The molecule has 0 aromatic carbocycles. The summed E-state index contributed by atoms with van der Waals surface area (Å²) in [5, 5.41) is 8.34. The Bertz CT molecular complexity index is 178. The van der Waals surface area contributed by atoms with Crippen LogP contribution in [0.5, 0.6) is 0 Å². The average Bonchev–Trinajstić information content (AvgIpc) is 2.11. The van der Waals surface area contributed by atoms with Gasteiger partial charge in [0, 0.05) is 12.8 Å². The second kappa shape index (κ2) is 8.50. The van der Waals surface area contributed by atoms with Crippen LogP contribution in [0.3, 0.4) is 0 Å². The number of carbonyl (C=O) groups is 2. The summed E-state index contributed by atoms with van der Waals surface area (Å²) >= 11 is 0. The second-order valence-corrected chi connectivity index (χ2v) is 2.93. The molecule has 5 nitrogen and oxygen atoms in total. The fourth-order valence-corrected chi connectivity index (χ4v) is 1.03. The van der Waals surface area contributed by atoms with Gasteiger partial charge in [0.2, 0.25) is 0 Å². The topological polar surface area (TPSA) is 72.8 Å². The van der Waals surface area contributed by atoms with Gasteiger partial charge in [0.15, 0.2) is 0 Å². The van der Waals surface area contributed by atoms with Crippen LogP contribution in [0.25, 0.3) is 0 Å². The van der Waals surface area contributed by atoms with E-state index in [1.807, 2.05) is 0 Å². The van der Waals surface area contributed by atoms with Gasteiger partial charge in [-0.3, -0.25) is 9.68 Å². The summed E-state index contributed by atoms with van der Waals surface area (Å²) in [4.78, 5) is 29.3. The first-order chi connectivity index (χ1) is 6.66. The van der Waals surface area contributed by atoms with Gasteiger partial charge in [-0.2, -0.15) is 4.89 Å². The molecule has 0 heterocycles. The minimum Gasteiger partial charge on any atom is -0.481 e. The molecule has 14 heavy (non-hydrogen) atoms. The van der Waals surface area contributed by atoms with E-state index in [1.54, 1.807) is 0 Å². The number of carbonyl (C=O) groups excluding carboxylic acids is 1. The van der Waals surface area contributed by atoms with Gasteiger partial charge in [-0.1, -0.05) is 12.8 Å². The molecule has 0 unspecified atom stereocenters. The summed E-state index contributed by atoms with van der Waals surface area (Å²) in [6.07, 6.45) is 3.55. The first-order valence-electron chi connectivity index (χ1n) is 4.62. The van der Waals surface area contributed by atoms with Crippen molar-refractivity contribution in [3.63, 3.8) is 0 Å². The molecular formula is C9H16O5. The molecule has 0 aromatic heterocycles. The van der Waals surface area contributed by atoms with Crippen LogP contribution in [-0.4, -0.2) is 24.2 Å². The highest BCUT2D eigenvalue weighted by atomic mass is 17.2. The highest BCUT2D eigenvalue weighted by Gasteiger charge is 2.02. The highest BCUT2D eigenvalue weighted by molar-refractivity contribution is 5.68. The SMILES string of the molecule is COOC(=O)CCCCCCC(=O)O. The molecule has 0 amide bonds. The Hall–Kier alpha value is -1.10. The van der Waals surface area contributed by atoms with Crippen LogP contribution in [0.4, 0.5) is 0 Å². The van der Waals surface area contributed by atoms with Crippen LogP contribution in [0.1, 0.15) is 38.5 Å². The van der Waals surface area contributed by atoms with Crippen molar-refractivity contribution in [2.75, 3.05) is 7.11 Å². The molecule has 0 aliphatic heterocycles. The number of rotatable bonds is 8. The molecule has 0 bridgehead atoms. The Balaban J connectivity index is 3.13. The number of carboxylic acids is 1. The maximum absolute atomic E-state index is 10.7. The minimum atomic E-state index is -0.774. The summed E-state index contributed by atoms with van der Waals surface area (Å²) in [6.45, 7) is 0. The zero-order chi connectivity index (χ0) is 10.8. The van der Waals surface area contributed by atoms with E-state index in [-0.39, 0.29) is 12.4 Å². The third-order valence-electron chi connectivity index (χ3n) is 1.70. The van der Waals surface area contributed by atoms with Crippen molar-refractivity contribution < 1.29 is 24.5 Å². The smallest absolute Gasteiger partial charge is 0.342 e. The van der Waals surface area contributed by atoms with E-state index in [1.165, 1.54) is 7.11 Å². The van der Waals surface area contributed by atoms with E-state index in [9.17, 15) is 9.59 Å². The van der Waals surface area contributed by atoms with E-state index in [0.717, 1.165) is 12.8 Å². The minimum absolute atomic E-state index is 0.197. The van der Waals surface area contributed by atoms with Gasteiger partial charge in [0.25, 0.3) is 0 Å². The Morgan fingerprint density at radius 1 is 1.07 bits per heavy atom. The van der Waals surface area contributed by atoms with Crippen molar-refractivity contribution in [3.8, 4) is 0 Å². The van der Waals surface area contributed by atoms with Gasteiger partial charge < -0.3 is 5.11 Å². The zero-order valence-corrected chi connectivity index (χ0v) is 8.32. The lowest BCUT2D eigenvalue weighted by molar-refractivity contribution is -0.255. The fourth-order valence-electron chi connectivity index (χ4n) is 1.03. The molecule has 82 valence electrons. The molecule has 0 atom stereocenters. The summed E-state index contributed by atoms with van der Waals surface area (Å²) in [5.41, 5.74) is 0. The molecule has 5 heteroatoms. The maximum atomic E-state index is 10.7. The molecule has 0 saturated heterocycles. The van der Waals surface area contributed by atoms with Crippen LogP contribution in [0.2, 0.25) is 0 Å². The van der Waals surface area contributed by atoms with Gasteiger partial charge >= 0.3 is 11.9 Å². The summed E-state index contributed by atoms with van der Waals surface area (Å²) in [7, 11) is 1.28. The van der Waals surface area contributed by atoms with Gasteiger partial charge in [0.05, 0.1) is 7.11 Å². The first kappa shape index (κ1) is 12.9. The number of unbranched alkanes of at least 4 members (excludes halogenated alkanes) is 3. The molecule has 0 rings (SSSR count). The van der Waals surface area contributed by atoms with Crippen molar-refractivity contribution >= 4 is 11.9 Å². The lowest BCUT2D eigenvalue weighted by Crippen LogP contribution is -2.02. The Morgan fingerprint density at radius 2 is 1.64 bits per heavy atom. The first-order valence-corrected chi connectivity index (χ1v) is 4.62. The molecule has 0 fully saturated rings. The standard InChI is InChI=1S/C9H16O5/c1-13-14-9(12)7-5-3-2-4-6-8(10)11/h2-7H2,1H3,(H,10,11). The van der Waals surface area contributed by atoms with Crippen LogP contribution in [0, 0.1) is 0 Å². The van der Waals surface area contributed by atoms with Gasteiger partial charge in [-0.05, 0) is 12.8 Å². The van der Waals surface area contributed by atoms with Crippen molar-refractivity contribution in [2.24, 2.45) is 0 Å². The zero-order valence-electron chi connectivity index (χ0n) is 8.32. The number of carboxylic acid groups (broad SMARTS) is 1. The quantitative estimate of drug-likeness (QED) is 0.368. The van der Waals surface area contributed by atoms with Crippen molar-refractivity contribution in [1.29, 1.82) is 0 Å². The maximum Gasteiger partial charge on any atom is 0.342 e. The van der Waals surface area contributed by atoms with Gasteiger partial charge in [-0.25, -0.2) is 4.79 Å². The molecule has 0 aliphatic carbocycles. The van der Waals surface area contributed by atoms with E-state index >= 15 is 0 Å². The average molecular weight is 204 g/mol. The molecule has 0 aromatic rings. The van der Waals surface area contributed by atoms with Crippen molar-refractivity contribution in [2.45, 2.75) is 38.5 Å². The molecule has 0 aliphatic rings. The Morgan fingerprint density at radius 3 is 2.14 bits per heavy atom. The van der Waals surface area contributed by atoms with Gasteiger partial charge in [0.1, 0.15) is 0 Å². The second-order valence-electron chi connectivity index (χ2n) is 2.93. The monoisotopic (exact) mass is 204 g/mol. The largest absolute Gasteiger partial charge is 0.481 e. The fraction of sp³-hybridized carbons (Fsp3) is 0.778. The molecule has 1 N–H and O–H groups in total. The predicted molar refractivity (Wildman–Crippen MR) is 48.4 cm³/mol. The van der Waals surface area contributed by atoms with Crippen molar-refractivity contribution in [1.82, 2.24) is 0 Å². The summed E-state index contributed by atoms with van der Waals surface area (Å²) in [6, 6.07) is 0. The molecule has 0 spiro atoms. The lowest BCUT2D eigenvalue weighted by atomic mass is 10.1. The van der Waals surface area contributed by atoms with E-state index < -0.39 is 5.97 Å². The number of hydrogen-bond donors (Lipinski definition) is 1. The van der Waals surface area contributed by atoms with Crippen LogP contribution in [-0.2, 0) is 19.4 Å². The van der Waals surface area contributed by atoms with Crippen molar-refractivity contribution in [3.05, 3.63) is 0 Å². The highest BCUT2D eigenvalue weighted by Crippen LogP contribution is 2.06. The third-order valence-corrected chi connectivity index (χ3v) is 1.70. The normalized spacial score (nSPS) is 9.79. The molecular weight excluding hydrogens is 188 g/mol. The molecule has 0 saturated carbocycles. The molecule has 0 radical (unpaired) electrons. The van der Waals surface area contributed by atoms with Gasteiger partial charge in [-0.15, -0.1) is 0 Å². The summed E-state index contributed by atoms with van der Waals surface area (Å²) < 4.78 is 0. The predicted octanol–water partition coefficient (Wildman–Crippen LogP) is 1.52. The number of aliphatic carboxylic acids is 1. The number of hydrogen-bond acceptors (Lipinski definition) is 4. The van der Waals surface area contributed by atoms with E-state index in [0.29, 0.717) is 19.3 Å². The Labute approximate surface area is 82.9 Å². The Kier molecular flexibility index (Phi) is 7.83.